The molecule has 0 aliphatic carbocycles. The van der Waals surface area contributed by atoms with Crippen LogP contribution in [0.25, 0.3) is 0 Å². The molecule has 0 bridgehead atoms. The molecule has 0 aliphatic heterocycles. The summed E-state index contributed by atoms with van der Waals surface area (Å²) >= 11 is 0. The topological polar surface area (TPSA) is 9.23 Å². The maximum atomic E-state index is 5.31. The third-order valence-electron chi connectivity index (χ3n) is 1.28. The molecule has 0 atom stereocenters. The van der Waals surface area contributed by atoms with Gasteiger partial charge in [0, 0.05) is 32.1 Å². The summed E-state index contributed by atoms with van der Waals surface area (Å²) in [5.41, 5.74) is 0. The molecule has 1 radical (unpaired) electrons. The summed E-state index contributed by atoms with van der Waals surface area (Å²) in [6.07, 6.45) is 4.91. The van der Waals surface area contributed by atoms with E-state index in [9.17, 15) is 0 Å². The van der Waals surface area contributed by atoms with E-state index in [0.717, 1.165) is 13.2 Å². The van der Waals surface area contributed by atoms with Gasteiger partial charge in [-0.25, -0.2) is 0 Å². The Kier molecular flexibility index (Phi) is 16.1. The second-order valence-corrected chi connectivity index (χ2v) is 2.32. The summed E-state index contributed by atoms with van der Waals surface area (Å²) in [6, 6.07) is 0. The first kappa shape index (κ1) is 13.2. The van der Waals surface area contributed by atoms with E-state index in [1.165, 1.54) is 25.7 Å². The van der Waals surface area contributed by atoms with Crippen LogP contribution >= 0.6 is 0 Å². The molecule has 0 heterocycles. The molecule has 1 nitrogen and oxygen atoms in total. The molecule has 0 spiro atoms. The van der Waals surface area contributed by atoms with Crippen LogP contribution in [-0.4, -0.2) is 32.1 Å². The van der Waals surface area contributed by atoms with Gasteiger partial charge in [0.15, 0.2) is 0 Å². The van der Waals surface area contributed by atoms with E-state index < -0.39 is 0 Å². The van der Waals surface area contributed by atoms with Crippen LogP contribution in [0, 0.1) is 0 Å². The van der Waals surface area contributed by atoms with Gasteiger partial charge in [-0.1, -0.05) is 26.7 Å². The van der Waals surface area contributed by atoms with Crippen molar-refractivity contribution in [2.24, 2.45) is 0 Å². The molecular formula is C8H18LiO. The van der Waals surface area contributed by atoms with E-state index in [1.54, 1.807) is 0 Å². The van der Waals surface area contributed by atoms with Crippen molar-refractivity contribution in [1.29, 1.82) is 0 Å². The van der Waals surface area contributed by atoms with E-state index in [0.29, 0.717) is 0 Å². The Morgan fingerprint density at radius 3 is 1.60 bits per heavy atom. The largest absolute Gasteiger partial charge is 0.381 e. The van der Waals surface area contributed by atoms with Crippen LogP contribution in [0.5, 0.6) is 0 Å². The molecule has 0 aromatic heterocycles. The molecule has 0 fully saturated rings. The zero-order valence-electron chi connectivity index (χ0n) is 7.65. The smallest absolute Gasteiger partial charge is 0.0465 e. The summed E-state index contributed by atoms with van der Waals surface area (Å²) in [6.45, 7) is 6.28. The first-order valence-corrected chi connectivity index (χ1v) is 3.99. The minimum absolute atomic E-state index is 0. The third kappa shape index (κ3) is 11.4. The van der Waals surface area contributed by atoms with Crippen molar-refractivity contribution in [2.45, 2.75) is 39.5 Å². The first-order chi connectivity index (χ1) is 4.41. The molecule has 0 rings (SSSR count). The number of hydrogen-bond donors (Lipinski definition) is 0. The second-order valence-electron chi connectivity index (χ2n) is 2.32. The van der Waals surface area contributed by atoms with E-state index >= 15 is 0 Å². The molecule has 0 amide bonds. The molecular weight excluding hydrogens is 119 g/mol. The maximum absolute atomic E-state index is 5.31. The molecule has 0 N–H and O–H groups in total. The number of hydrogen-bond acceptors (Lipinski definition) is 1. The van der Waals surface area contributed by atoms with Crippen LogP contribution in [0.2, 0.25) is 0 Å². The third-order valence-corrected chi connectivity index (χ3v) is 1.28. The molecule has 0 saturated heterocycles. The van der Waals surface area contributed by atoms with Crippen molar-refractivity contribution >= 4 is 18.9 Å². The molecule has 0 aliphatic rings. The van der Waals surface area contributed by atoms with E-state index in [2.05, 4.69) is 13.8 Å². The standard InChI is InChI=1S/C8H18O.Li/c1-3-5-7-9-8-6-4-2;/h3-8H2,1-2H3;. The van der Waals surface area contributed by atoms with Crippen molar-refractivity contribution in [3.63, 3.8) is 0 Å². The van der Waals surface area contributed by atoms with Crippen molar-refractivity contribution in [2.75, 3.05) is 13.2 Å². The fraction of sp³-hybridized carbons (Fsp3) is 1.00. The molecule has 0 aromatic rings. The van der Waals surface area contributed by atoms with E-state index in [-0.39, 0.29) is 18.9 Å². The molecule has 2 heteroatoms. The Morgan fingerprint density at radius 2 is 1.30 bits per heavy atom. The second kappa shape index (κ2) is 12.3. The Morgan fingerprint density at radius 1 is 0.900 bits per heavy atom. The number of ether oxygens (including phenoxy) is 1. The molecule has 0 aromatic carbocycles. The van der Waals surface area contributed by atoms with Gasteiger partial charge in [0.2, 0.25) is 0 Å². The Bertz CT molecular complexity index is 42.5. The molecule has 57 valence electrons. The van der Waals surface area contributed by atoms with Crippen molar-refractivity contribution in [3.8, 4) is 0 Å². The van der Waals surface area contributed by atoms with Gasteiger partial charge in [-0.15, -0.1) is 0 Å². The molecule has 0 unspecified atom stereocenters. The van der Waals surface area contributed by atoms with Gasteiger partial charge in [0.25, 0.3) is 0 Å². The number of unbranched alkanes of at least 4 members (excludes halogenated alkanes) is 2. The number of rotatable bonds is 6. The van der Waals surface area contributed by atoms with Gasteiger partial charge in [0.05, 0.1) is 0 Å². The first-order valence-electron chi connectivity index (χ1n) is 3.99. The van der Waals surface area contributed by atoms with Gasteiger partial charge in [-0.05, 0) is 12.8 Å². The van der Waals surface area contributed by atoms with Crippen LogP contribution in [0.1, 0.15) is 39.5 Å². The van der Waals surface area contributed by atoms with Gasteiger partial charge < -0.3 is 4.74 Å². The molecule has 0 saturated carbocycles. The summed E-state index contributed by atoms with van der Waals surface area (Å²) in [7, 11) is 0. The average molecular weight is 137 g/mol. The quantitative estimate of drug-likeness (QED) is 0.403. The van der Waals surface area contributed by atoms with Gasteiger partial charge in [-0.3, -0.25) is 0 Å². The monoisotopic (exact) mass is 137 g/mol. The predicted molar refractivity (Wildman–Crippen MR) is 46.4 cm³/mol. The van der Waals surface area contributed by atoms with Gasteiger partial charge in [-0.2, -0.15) is 0 Å². The van der Waals surface area contributed by atoms with Crippen molar-refractivity contribution < 1.29 is 4.74 Å². The Hall–Kier alpha value is 0.557. The normalized spacial score (nSPS) is 9.00. The zero-order chi connectivity index (χ0) is 6.95. The van der Waals surface area contributed by atoms with Crippen LogP contribution in [0.4, 0.5) is 0 Å². The Labute approximate surface area is 76.7 Å². The molecule has 10 heavy (non-hydrogen) atoms. The Balaban J connectivity index is 0. The summed E-state index contributed by atoms with van der Waals surface area (Å²) in [5.74, 6) is 0. The van der Waals surface area contributed by atoms with Gasteiger partial charge >= 0.3 is 0 Å². The van der Waals surface area contributed by atoms with E-state index in [1.807, 2.05) is 0 Å². The fourth-order valence-electron chi connectivity index (χ4n) is 0.595. The fourth-order valence-corrected chi connectivity index (χ4v) is 0.595. The van der Waals surface area contributed by atoms with Crippen LogP contribution < -0.4 is 0 Å². The summed E-state index contributed by atoms with van der Waals surface area (Å²) < 4.78 is 5.31. The summed E-state index contributed by atoms with van der Waals surface area (Å²) in [5, 5.41) is 0. The van der Waals surface area contributed by atoms with Crippen LogP contribution in [-0.2, 0) is 4.74 Å². The minimum Gasteiger partial charge on any atom is -0.381 e. The minimum atomic E-state index is 0. The van der Waals surface area contributed by atoms with Crippen LogP contribution in [0.15, 0.2) is 0 Å². The van der Waals surface area contributed by atoms with Gasteiger partial charge in [0.1, 0.15) is 0 Å². The van der Waals surface area contributed by atoms with Crippen LogP contribution in [0.3, 0.4) is 0 Å². The maximum Gasteiger partial charge on any atom is 0.0465 e. The van der Waals surface area contributed by atoms with Crippen molar-refractivity contribution in [1.82, 2.24) is 0 Å². The summed E-state index contributed by atoms with van der Waals surface area (Å²) in [4.78, 5) is 0. The average Bonchev–Trinajstić information content (AvgIpc) is 1.89. The SMILES string of the molecule is CCCCOCCCC.[Li]. The predicted octanol–water partition coefficient (Wildman–Crippen LogP) is 2.22. The zero-order valence-corrected chi connectivity index (χ0v) is 7.65. The van der Waals surface area contributed by atoms with Crippen molar-refractivity contribution in [3.05, 3.63) is 0 Å². The van der Waals surface area contributed by atoms with E-state index in [4.69, 9.17) is 4.74 Å².